The molecule has 0 N–H and O–H groups in total. The van der Waals surface area contributed by atoms with Gasteiger partial charge >= 0.3 is 0 Å². The first-order chi connectivity index (χ1) is 7.33. The number of hydrogen-bond donors (Lipinski definition) is 0. The zero-order chi connectivity index (χ0) is 13.5. The number of hydrogen-bond acceptors (Lipinski definition) is 2. The van der Waals surface area contributed by atoms with Crippen LogP contribution in [0.3, 0.4) is 0 Å². The molecule has 0 aromatic carbocycles. The van der Waals surface area contributed by atoms with Gasteiger partial charge in [-0.3, -0.25) is 0 Å². The minimum atomic E-state index is -0.936. The molecular formula is C13H24O2. The Morgan fingerprint density at radius 3 is 2.07 bits per heavy atom. The van der Waals surface area contributed by atoms with E-state index < -0.39 is 28.6 Å². The summed E-state index contributed by atoms with van der Waals surface area (Å²) >= 11 is 0. The smallest absolute Gasteiger partial charge is 0.103 e. The Hall–Kier alpha value is -0.0800. The highest BCUT2D eigenvalue weighted by atomic mass is 16.6. The molecular weight excluding hydrogens is 188 g/mol. The quantitative estimate of drug-likeness (QED) is 0.671. The maximum Gasteiger partial charge on any atom is 0.103 e. The fraction of sp³-hybridized carbons (Fsp3) is 1.00. The topological polar surface area (TPSA) is 18.5 Å². The molecule has 2 rings (SSSR count). The third-order valence-corrected chi connectivity index (χ3v) is 4.57. The van der Waals surface area contributed by atoms with Crippen LogP contribution >= 0.6 is 0 Å². The molecule has 0 spiro atoms. The van der Waals surface area contributed by atoms with Crippen molar-refractivity contribution in [1.82, 2.24) is 0 Å². The summed E-state index contributed by atoms with van der Waals surface area (Å²) in [6, 6.07) is 0. The van der Waals surface area contributed by atoms with Gasteiger partial charge in [-0.1, -0.05) is 20.8 Å². The molecule has 2 nitrogen and oxygen atoms in total. The Labute approximate surface area is 96.1 Å². The van der Waals surface area contributed by atoms with Crippen molar-refractivity contribution < 1.29 is 12.2 Å². The van der Waals surface area contributed by atoms with Gasteiger partial charge in [0.15, 0.2) is 0 Å². The van der Waals surface area contributed by atoms with E-state index in [2.05, 4.69) is 0 Å². The molecule has 0 amide bonds. The second-order valence-corrected chi connectivity index (χ2v) is 5.77. The monoisotopic (exact) mass is 216 g/mol. The molecule has 2 bridgehead atoms. The van der Waals surface area contributed by atoms with Crippen LogP contribution in [0.1, 0.15) is 51.2 Å². The SMILES string of the molecule is [3H]C(C)(C)[C@@]12OC(C)(C)[C@](C)(OC1C)[C@]2([3H])C. The Morgan fingerprint density at radius 1 is 1.27 bits per heavy atom. The third-order valence-electron chi connectivity index (χ3n) is 4.57. The molecule has 15 heavy (non-hydrogen) atoms. The predicted octanol–water partition coefficient (Wildman–Crippen LogP) is 3.00. The fourth-order valence-electron chi connectivity index (χ4n) is 3.32. The molecule has 0 aliphatic carbocycles. The zero-order valence-electron chi connectivity index (χ0n) is 12.9. The van der Waals surface area contributed by atoms with Gasteiger partial charge in [0.25, 0.3) is 0 Å². The van der Waals surface area contributed by atoms with Crippen LogP contribution in [0.15, 0.2) is 0 Å². The summed E-state index contributed by atoms with van der Waals surface area (Å²) in [5.41, 5.74) is -2.12. The van der Waals surface area contributed by atoms with Crippen LogP contribution in [-0.4, -0.2) is 22.9 Å². The van der Waals surface area contributed by atoms with Crippen LogP contribution in [-0.2, 0) is 9.47 Å². The standard InChI is InChI=1S/C13H24O2/c1-8(2)13-9(3)12(7,14-10(13)4)11(5,6)15-13/h8-10H,1-7H3/t9-,10?,12+,13-/m0/s1/i8T,9T. The molecule has 2 heteroatoms. The normalized spacial score (nSPS) is 60.3. The second kappa shape index (κ2) is 2.78. The minimum absolute atomic E-state index is 0.240. The molecule has 0 aromatic heterocycles. The van der Waals surface area contributed by atoms with Gasteiger partial charge in [-0.15, -0.1) is 0 Å². The van der Waals surface area contributed by atoms with Crippen molar-refractivity contribution in [2.45, 2.75) is 71.4 Å². The van der Waals surface area contributed by atoms with Gasteiger partial charge in [-0.25, -0.2) is 0 Å². The first kappa shape index (κ1) is 9.00. The lowest BCUT2D eigenvalue weighted by Gasteiger charge is -2.45. The second-order valence-electron chi connectivity index (χ2n) is 5.77. The highest BCUT2D eigenvalue weighted by molar-refractivity contribution is 5.20. The van der Waals surface area contributed by atoms with Crippen LogP contribution in [0.2, 0.25) is 0 Å². The highest BCUT2D eigenvalue weighted by Gasteiger charge is 2.73. The predicted molar refractivity (Wildman–Crippen MR) is 60.8 cm³/mol. The molecule has 2 heterocycles. The van der Waals surface area contributed by atoms with E-state index in [-0.39, 0.29) is 6.10 Å². The van der Waals surface area contributed by atoms with Crippen molar-refractivity contribution in [1.29, 1.82) is 0 Å². The van der Waals surface area contributed by atoms with E-state index in [0.717, 1.165) is 0 Å². The lowest BCUT2D eigenvalue weighted by molar-refractivity contribution is -0.257. The third kappa shape index (κ3) is 1.03. The maximum absolute atomic E-state index is 8.78. The van der Waals surface area contributed by atoms with E-state index in [4.69, 9.17) is 12.2 Å². The number of rotatable bonds is 1. The first-order valence-corrected chi connectivity index (χ1v) is 5.71. The van der Waals surface area contributed by atoms with E-state index in [9.17, 15) is 0 Å². The van der Waals surface area contributed by atoms with Crippen molar-refractivity contribution in [3.63, 3.8) is 0 Å². The molecule has 4 atom stereocenters. The average molecular weight is 216 g/mol. The van der Waals surface area contributed by atoms with Gasteiger partial charge in [0.2, 0.25) is 0 Å². The first-order valence-electron chi connectivity index (χ1n) is 6.71. The molecule has 2 aliphatic heterocycles. The summed E-state index contributed by atoms with van der Waals surface area (Å²) in [4.78, 5) is 0. The summed E-state index contributed by atoms with van der Waals surface area (Å²) in [5.74, 6) is -1.82. The Balaban J connectivity index is 2.69. The van der Waals surface area contributed by atoms with E-state index in [1.54, 1.807) is 0 Å². The van der Waals surface area contributed by atoms with Crippen molar-refractivity contribution >= 4 is 0 Å². The molecule has 2 fully saturated rings. The van der Waals surface area contributed by atoms with Crippen LogP contribution < -0.4 is 0 Å². The van der Waals surface area contributed by atoms with Crippen LogP contribution in [0, 0.1) is 11.8 Å². The van der Waals surface area contributed by atoms with Gasteiger partial charge in [0.1, 0.15) is 5.60 Å². The van der Waals surface area contributed by atoms with Gasteiger partial charge in [0.05, 0.1) is 17.3 Å². The molecule has 0 saturated carbocycles. The summed E-state index contributed by atoms with van der Waals surface area (Å²) in [5, 5.41) is 0. The summed E-state index contributed by atoms with van der Waals surface area (Å²) in [6.45, 7) is 13.2. The summed E-state index contributed by atoms with van der Waals surface area (Å²) in [6.07, 6.45) is -0.240. The molecule has 88 valence electrons. The van der Waals surface area contributed by atoms with E-state index >= 15 is 0 Å². The molecule has 0 radical (unpaired) electrons. The van der Waals surface area contributed by atoms with Gasteiger partial charge < -0.3 is 9.47 Å². The summed E-state index contributed by atoms with van der Waals surface area (Å²) < 4.78 is 29.5. The van der Waals surface area contributed by atoms with Crippen LogP contribution in [0.25, 0.3) is 0 Å². The van der Waals surface area contributed by atoms with E-state index in [1.807, 2.05) is 48.5 Å². The average Bonchev–Trinajstić information content (AvgIpc) is 2.29. The van der Waals surface area contributed by atoms with Gasteiger partial charge in [-0.05, 0) is 33.6 Å². The molecule has 2 aliphatic rings. The summed E-state index contributed by atoms with van der Waals surface area (Å²) in [7, 11) is 0. The Morgan fingerprint density at radius 2 is 1.80 bits per heavy atom. The van der Waals surface area contributed by atoms with E-state index in [0.29, 0.717) is 0 Å². The minimum Gasteiger partial charge on any atom is -0.366 e. The van der Waals surface area contributed by atoms with Crippen molar-refractivity contribution in [3.8, 4) is 0 Å². The van der Waals surface area contributed by atoms with Crippen molar-refractivity contribution in [2.24, 2.45) is 11.8 Å². The van der Waals surface area contributed by atoms with Gasteiger partial charge in [0, 0.05) is 8.64 Å². The van der Waals surface area contributed by atoms with Crippen LogP contribution in [0.4, 0.5) is 0 Å². The molecule has 2 saturated heterocycles. The maximum atomic E-state index is 8.78. The lowest BCUT2D eigenvalue weighted by Crippen LogP contribution is -2.54. The van der Waals surface area contributed by atoms with E-state index in [1.165, 1.54) is 0 Å². The lowest BCUT2D eigenvalue weighted by atomic mass is 9.72. The van der Waals surface area contributed by atoms with Crippen molar-refractivity contribution in [3.05, 3.63) is 0 Å². The van der Waals surface area contributed by atoms with Crippen LogP contribution in [0.5, 0.6) is 0 Å². The van der Waals surface area contributed by atoms with Gasteiger partial charge in [-0.2, -0.15) is 0 Å². The highest BCUT2D eigenvalue weighted by Crippen LogP contribution is 2.61. The fourth-order valence-corrected chi connectivity index (χ4v) is 3.32. The number of ether oxygens (including phenoxy) is 2. The number of fused-ring (bicyclic) bond motifs is 2. The molecule has 1 unspecified atom stereocenters. The van der Waals surface area contributed by atoms with Crippen molar-refractivity contribution in [2.75, 3.05) is 0 Å². The zero-order valence-corrected chi connectivity index (χ0v) is 10.9. The Bertz CT molecular complexity index is 359. The largest absolute Gasteiger partial charge is 0.366 e. The molecule has 0 aromatic rings. The Kier molecular flexibility index (Phi) is 1.67.